The summed E-state index contributed by atoms with van der Waals surface area (Å²) < 4.78 is 1.98. The van der Waals surface area contributed by atoms with Gasteiger partial charge in [-0.25, -0.2) is 0 Å². The van der Waals surface area contributed by atoms with Crippen LogP contribution in [-0.4, -0.2) is 27.8 Å². The van der Waals surface area contributed by atoms with Crippen LogP contribution in [0.25, 0.3) is 0 Å². The Balaban J connectivity index is 2.10. The number of aromatic nitrogens is 2. The quantitative estimate of drug-likeness (QED) is 0.811. The molecule has 1 aromatic heterocycles. The molecular weight excluding hydrogens is 260 g/mol. The van der Waals surface area contributed by atoms with Gasteiger partial charge in [0.25, 0.3) is 0 Å². The Kier molecular flexibility index (Phi) is 5.96. The number of hydrogen-bond donors (Lipinski definition) is 1. The van der Waals surface area contributed by atoms with Crippen molar-refractivity contribution in [2.75, 3.05) is 13.1 Å². The van der Waals surface area contributed by atoms with Gasteiger partial charge in [-0.3, -0.25) is 9.58 Å². The topological polar surface area (TPSA) is 47.1 Å². The number of nitrogens with two attached hydrogens (primary N) is 1. The van der Waals surface area contributed by atoms with Crippen molar-refractivity contribution in [3.8, 4) is 0 Å². The molecule has 2 N–H and O–H groups in total. The van der Waals surface area contributed by atoms with Crippen LogP contribution in [0.2, 0.25) is 0 Å². The molecule has 0 bridgehead atoms. The van der Waals surface area contributed by atoms with Crippen molar-refractivity contribution in [3.05, 3.63) is 53.9 Å². The predicted molar refractivity (Wildman–Crippen MR) is 86.8 cm³/mol. The maximum atomic E-state index is 5.69. The summed E-state index contributed by atoms with van der Waals surface area (Å²) in [5.74, 6) is 0. The third kappa shape index (κ3) is 4.41. The van der Waals surface area contributed by atoms with Gasteiger partial charge in [-0.1, -0.05) is 30.3 Å². The number of aryl methyl sites for hydroxylation is 1. The highest BCUT2D eigenvalue weighted by Gasteiger charge is 2.17. The molecule has 0 saturated carbocycles. The third-order valence-corrected chi connectivity index (χ3v) is 3.89. The molecule has 21 heavy (non-hydrogen) atoms. The number of nitrogens with zero attached hydrogens (tertiary/aromatic N) is 3. The first kappa shape index (κ1) is 15.7. The van der Waals surface area contributed by atoms with Crippen LogP contribution < -0.4 is 5.73 Å². The van der Waals surface area contributed by atoms with Crippen molar-refractivity contribution in [1.29, 1.82) is 0 Å². The Labute approximate surface area is 127 Å². The Morgan fingerprint density at radius 1 is 1.29 bits per heavy atom. The first-order valence-electron chi connectivity index (χ1n) is 7.75. The van der Waals surface area contributed by atoms with E-state index in [0.717, 1.165) is 32.6 Å². The minimum absolute atomic E-state index is 0.344. The Bertz CT molecular complexity index is 521. The smallest absolute Gasteiger partial charge is 0.0537 e. The van der Waals surface area contributed by atoms with Crippen LogP contribution in [0, 0.1) is 0 Å². The molecule has 1 unspecified atom stereocenters. The van der Waals surface area contributed by atoms with Crippen LogP contribution in [0.15, 0.2) is 42.7 Å². The summed E-state index contributed by atoms with van der Waals surface area (Å²) in [7, 11) is 0. The minimum Gasteiger partial charge on any atom is -0.330 e. The Morgan fingerprint density at radius 3 is 2.67 bits per heavy atom. The normalized spacial score (nSPS) is 12.8. The van der Waals surface area contributed by atoms with Crippen molar-refractivity contribution in [2.24, 2.45) is 5.73 Å². The molecule has 1 heterocycles. The summed E-state index contributed by atoms with van der Waals surface area (Å²) in [6.45, 7) is 7.94. The van der Waals surface area contributed by atoms with Gasteiger partial charge in [-0.15, -0.1) is 0 Å². The molecule has 0 fully saturated rings. The Morgan fingerprint density at radius 2 is 2.05 bits per heavy atom. The zero-order chi connectivity index (χ0) is 15.1. The van der Waals surface area contributed by atoms with Gasteiger partial charge >= 0.3 is 0 Å². The average molecular weight is 286 g/mol. The van der Waals surface area contributed by atoms with Crippen LogP contribution in [-0.2, 0) is 13.1 Å². The lowest BCUT2D eigenvalue weighted by molar-refractivity contribution is 0.200. The lowest BCUT2D eigenvalue weighted by Crippen LogP contribution is -2.29. The van der Waals surface area contributed by atoms with E-state index in [9.17, 15) is 0 Å². The van der Waals surface area contributed by atoms with Crippen LogP contribution in [0.3, 0.4) is 0 Å². The molecule has 0 spiro atoms. The molecule has 0 radical (unpaired) electrons. The van der Waals surface area contributed by atoms with E-state index < -0.39 is 0 Å². The molecule has 114 valence electrons. The highest BCUT2D eigenvalue weighted by Crippen LogP contribution is 2.22. The van der Waals surface area contributed by atoms with Crippen molar-refractivity contribution in [3.63, 3.8) is 0 Å². The fourth-order valence-corrected chi connectivity index (χ4v) is 2.50. The fourth-order valence-electron chi connectivity index (χ4n) is 2.50. The lowest BCUT2D eigenvalue weighted by Gasteiger charge is -2.28. The van der Waals surface area contributed by atoms with Gasteiger partial charge in [0.2, 0.25) is 0 Å². The van der Waals surface area contributed by atoms with Crippen molar-refractivity contribution in [1.82, 2.24) is 14.7 Å². The van der Waals surface area contributed by atoms with Gasteiger partial charge in [0.1, 0.15) is 0 Å². The Hall–Kier alpha value is -1.65. The fraction of sp³-hybridized carbons (Fsp3) is 0.471. The van der Waals surface area contributed by atoms with E-state index in [4.69, 9.17) is 5.73 Å². The monoisotopic (exact) mass is 286 g/mol. The standard InChI is InChI=1S/C17H26N4/c1-3-21-14-17(12-19-21)15(2)20(11-7-10-18)13-16-8-5-4-6-9-16/h4-6,8-9,12,14-15H,3,7,10-11,13,18H2,1-2H3. The maximum absolute atomic E-state index is 5.69. The predicted octanol–water partition coefficient (Wildman–Crippen LogP) is 2.82. The van der Waals surface area contributed by atoms with Crippen LogP contribution >= 0.6 is 0 Å². The summed E-state index contributed by atoms with van der Waals surface area (Å²) >= 11 is 0. The van der Waals surface area contributed by atoms with Crippen LogP contribution in [0.1, 0.15) is 37.4 Å². The highest BCUT2D eigenvalue weighted by atomic mass is 15.3. The van der Waals surface area contributed by atoms with Crippen molar-refractivity contribution >= 4 is 0 Å². The van der Waals surface area contributed by atoms with Crippen LogP contribution in [0.4, 0.5) is 0 Å². The minimum atomic E-state index is 0.344. The molecule has 0 saturated heterocycles. The molecule has 1 atom stereocenters. The second-order valence-electron chi connectivity index (χ2n) is 5.40. The lowest BCUT2D eigenvalue weighted by atomic mass is 10.1. The average Bonchev–Trinajstić information content (AvgIpc) is 3.00. The van der Waals surface area contributed by atoms with Gasteiger partial charge in [-0.2, -0.15) is 5.10 Å². The van der Waals surface area contributed by atoms with Gasteiger partial charge in [0, 0.05) is 37.4 Å². The molecule has 2 aromatic rings. The van der Waals surface area contributed by atoms with Gasteiger partial charge in [0.15, 0.2) is 0 Å². The van der Waals surface area contributed by atoms with E-state index in [2.05, 4.69) is 60.4 Å². The van der Waals surface area contributed by atoms with E-state index in [0.29, 0.717) is 6.04 Å². The highest BCUT2D eigenvalue weighted by molar-refractivity contribution is 5.16. The molecule has 4 nitrogen and oxygen atoms in total. The van der Waals surface area contributed by atoms with E-state index in [1.165, 1.54) is 11.1 Å². The molecule has 1 aromatic carbocycles. The molecular formula is C17H26N4. The van der Waals surface area contributed by atoms with E-state index in [1.807, 2.05) is 10.9 Å². The number of benzene rings is 1. The first-order valence-corrected chi connectivity index (χ1v) is 7.75. The van der Waals surface area contributed by atoms with E-state index in [-0.39, 0.29) is 0 Å². The van der Waals surface area contributed by atoms with E-state index in [1.54, 1.807) is 0 Å². The SMILES string of the molecule is CCn1cc(C(C)N(CCCN)Cc2ccccc2)cn1. The van der Waals surface area contributed by atoms with Crippen molar-refractivity contribution < 1.29 is 0 Å². The molecule has 0 aliphatic rings. The number of hydrogen-bond acceptors (Lipinski definition) is 3. The number of rotatable bonds is 8. The van der Waals surface area contributed by atoms with Crippen LogP contribution in [0.5, 0.6) is 0 Å². The summed E-state index contributed by atoms with van der Waals surface area (Å²) in [5.41, 5.74) is 8.30. The summed E-state index contributed by atoms with van der Waals surface area (Å²) in [6, 6.07) is 10.9. The zero-order valence-corrected chi connectivity index (χ0v) is 13.1. The molecule has 0 aliphatic heterocycles. The second kappa shape index (κ2) is 7.96. The summed E-state index contributed by atoms with van der Waals surface area (Å²) in [6.07, 6.45) is 5.14. The zero-order valence-electron chi connectivity index (χ0n) is 13.1. The summed E-state index contributed by atoms with van der Waals surface area (Å²) in [5, 5.41) is 4.39. The van der Waals surface area contributed by atoms with Gasteiger partial charge in [0.05, 0.1) is 6.20 Å². The third-order valence-electron chi connectivity index (χ3n) is 3.89. The van der Waals surface area contributed by atoms with Crippen molar-refractivity contribution in [2.45, 2.75) is 39.4 Å². The first-order chi connectivity index (χ1) is 10.2. The largest absolute Gasteiger partial charge is 0.330 e. The maximum Gasteiger partial charge on any atom is 0.0537 e. The van der Waals surface area contributed by atoms with Gasteiger partial charge < -0.3 is 5.73 Å². The molecule has 0 aliphatic carbocycles. The second-order valence-corrected chi connectivity index (χ2v) is 5.40. The summed E-state index contributed by atoms with van der Waals surface area (Å²) in [4.78, 5) is 2.47. The van der Waals surface area contributed by atoms with Gasteiger partial charge in [-0.05, 0) is 32.4 Å². The van der Waals surface area contributed by atoms with E-state index >= 15 is 0 Å². The molecule has 0 amide bonds. The molecule has 4 heteroatoms. The molecule has 2 rings (SSSR count).